The van der Waals surface area contributed by atoms with Gasteiger partial charge in [0.05, 0.1) is 23.8 Å². The van der Waals surface area contributed by atoms with Gasteiger partial charge in [0.1, 0.15) is 0 Å². The molecule has 0 saturated carbocycles. The molecule has 2 aliphatic rings. The van der Waals surface area contributed by atoms with Crippen molar-refractivity contribution in [2.24, 2.45) is 5.92 Å². The molecule has 0 unspecified atom stereocenters. The van der Waals surface area contributed by atoms with E-state index in [-0.39, 0.29) is 36.5 Å². The zero-order valence-electron chi connectivity index (χ0n) is 19.6. The Morgan fingerprint density at radius 2 is 2.00 bits per heavy atom. The monoisotopic (exact) mass is 467 g/mol. The molecule has 7 nitrogen and oxygen atoms in total. The summed E-state index contributed by atoms with van der Waals surface area (Å²) in [6, 6.07) is 5.72. The Morgan fingerprint density at radius 3 is 2.62 bits per heavy atom. The number of hydrogen-bond donors (Lipinski definition) is 1. The summed E-state index contributed by atoms with van der Waals surface area (Å²) in [5, 5.41) is 3.44. The van der Waals surface area contributed by atoms with Crippen LogP contribution in [0.15, 0.2) is 23.1 Å². The maximum atomic E-state index is 13.4. The third-order valence-electron chi connectivity index (χ3n) is 6.18. The Morgan fingerprint density at radius 1 is 1.31 bits per heavy atom. The van der Waals surface area contributed by atoms with E-state index < -0.39 is 9.84 Å². The molecule has 3 rings (SSSR count). The number of amides is 1. The van der Waals surface area contributed by atoms with Crippen molar-refractivity contribution >= 4 is 21.4 Å². The molecule has 1 amide bonds. The van der Waals surface area contributed by atoms with Crippen LogP contribution in [-0.2, 0) is 24.8 Å². The Kier molecular flexibility index (Phi) is 8.53. The van der Waals surface area contributed by atoms with Crippen molar-refractivity contribution in [2.75, 3.05) is 50.5 Å². The number of piperazine rings is 1. The van der Waals surface area contributed by atoms with Crippen molar-refractivity contribution in [1.82, 2.24) is 10.2 Å². The van der Waals surface area contributed by atoms with E-state index in [4.69, 9.17) is 4.74 Å². The third-order valence-corrected chi connectivity index (χ3v) is 8.26. The minimum atomic E-state index is -3.39. The number of fused-ring (bicyclic) bond motifs is 1. The van der Waals surface area contributed by atoms with E-state index in [1.807, 2.05) is 19.9 Å². The van der Waals surface area contributed by atoms with Crippen molar-refractivity contribution in [3.05, 3.63) is 23.8 Å². The first-order chi connectivity index (χ1) is 14.4. The maximum absolute atomic E-state index is 13.4. The van der Waals surface area contributed by atoms with Crippen LogP contribution < -0.4 is 10.2 Å². The van der Waals surface area contributed by atoms with Crippen LogP contribution >= 0.6 is 0 Å². The number of sulfone groups is 1. The number of nitrogens with zero attached hydrogens (tertiary/aromatic N) is 2. The molecule has 1 aromatic rings. The fourth-order valence-electron chi connectivity index (χ4n) is 4.66. The Labute approximate surface area is 194 Å². The summed E-state index contributed by atoms with van der Waals surface area (Å²) in [5.41, 5.74) is 1.52. The average molecular weight is 468 g/mol. The SMILES string of the molecule is C.COC[C@H]1CN[C@H](C)CN1CC(=O)N1CC(C)(C)c2ccc(S(=O)(=O)CC(C)C)cc21. The molecule has 32 heavy (non-hydrogen) atoms. The van der Waals surface area contributed by atoms with Crippen LogP contribution in [0, 0.1) is 5.92 Å². The summed E-state index contributed by atoms with van der Waals surface area (Å²) in [6.45, 7) is 13.1. The average Bonchev–Trinajstić information content (AvgIpc) is 2.94. The summed E-state index contributed by atoms with van der Waals surface area (Å²) < 4.78 is 31.0. The molecular formula is C24H41N3O4S. The van der Waals surface area contributed by atoms with Gasteiger partial charge in [-0.2, -0.15) is 0 Å². The number of methoxy groups -OCH3 is 1. The quantitative estimate of drug-likeness (QED) is 0.664. The molecule has 1 fully saturated rings. The van der Waals surface area contributed by atoms with Crippen LogP contribution in [0.5, 0.6) is 0 Å². The van der Waals surface area contributed by atoms with Gasteiger partial charge in [0.2, 0.25) is 5.91 Å². The van der Waals surface area contributed by atoms with E-state index in [2.05, 4.69) is 31.0 Å². The van der Waals surface area contributed by atoms with Gasteiger partial charge in [-0.3, -0.25) is 9.69 Å². The summed E-state index contributed by atoms with van der Waals surface area (Å²) in [4.78, 5) is 17.7. The Balaban J connectivity index is 0.00000363. The topological polar surface area (TPSA) is 79.0 Å². The number of nitrogens with one attached hydrogen (secondary N) is 1. The van der Waals surface area contributed by atoms with Crippen LogP contribution in [0.3, 0.4) is 0 Å². The minimum Gasteiger partial charge on any atom is -0.383 e. The van der Waals surface area contributed by atoms with Crippen molar-refractivity contribution in [1.29, 1.82) is 0 Å². The lowest BCUT2D eigenvalue weighted by Crippen LogP contribution is -2.59. The van der Waals surface area contributed by atoms with Crippen molar-refractivity contribution in [3.63, 3.8) is 0 Å². The molecule has 0 aliphatic carbocycles. The number of ether oxygens (including phenoxy) is 1. The standard InChI is InChI=1S/C23H37N3O4S.CH4/c1-16(2)14-31(28,29)19-7-8-20-21(9-19)26(15-23(20,4)5)22(27)12-25-11-17(3)24-10-18(25)13-30-6;/h7-9,16-18,24H,10-15H2,1-6H3;1H4/t17-,18-;/m1./s1. The molecular weight excluding hydrogens is 426 g/mol. The second-order valence-corrected chi connectivity index (χ2v) is 12.1. The number of rotatable bonds is 7. The molecule has 0 radical (unpaired) electrons. The molecule has 182 valence electrons. The highest BCUT2D eigenvalue weighted by molar-refractivity contribution is 7.91. The van der Waals surface area contributed by atoms with Crippen molar-refractivity contribution in [3.8, 4) is 0 Å². The van der Waals surface area contributed by atoms with Gasteiger partial charge >= 0.3 is 0 Å². The fraction of sp³-hybridized carbons (Fsp3) is 0.708. The summed E-state index contributed by atoms with van der Waals surface area (Å²) >= 11 is 0. The first-order valence-corrected chi connectivity index (χ1v) is 12.7. The van der Waals surface area contributed by atoms with Gasteiger partial charge in [-0.05, 0) is 30.5 Å². The maximum Gasteiger partial charge on any atom is 0.241 e. The first-order valence-electron chi connectivity index (χ1n) is 11.1. The number of benzene rings is 1. The fourth-order valence-corrected chi connectivity index (χ4v) is 6.30. The molecule has 0 bridgehead atoms. The lowest BCUT2D eigenvalue weighted by Gasteiger charge is -2.39. The smallest absolute Gasteiger partial charge is 0.241 e. The number of anilines is 1. The molecule has 8 heteroatoms. The third kappa shape index (κ3) is 5.71. The van der Waals surface area contributed by atoms with Crippen molar-refractivity contribution in [2.45, 2.75) is 64.4 Å². The lowest BCUT2D eigenvalue weighted by atomic mass is 9.87. The Bertz CT molecular complexity index is 914. The summed E-state index contributed by atoms with van der Waals surface area (Å²) in [7, 11) is -1.71. The molecule has 1 aromatic carbocycles. The normalized spacial score (nSPS) is 23.2. The number of carbonyl (C=O) groups is 1. The van der Waals surface area contributed by atoms with E-state index in [0.717, 1.165) is 24.3 Å². The molecule has 2 heterocycles. The van der Waals surface area contributed by atoms with E-state index in [9.17, 15) is 13.2 Å². The Hall–Kier alpha value is -1.48. The predicted molar refractivity (Wildman–Crippen MR) is 130 cm³/mol. The lowest BCUT2D eigenvalue weighted by molar-refractivity contribution is -0.121. The second-order valence-electron chi connectivity index (χ2n) is 10.1. The van der Waals surface area contributed by atoms with E-state index in [0.29, 0.717) is 30.6 Å². The van der Waals surface area contributed by atoms with Gasteiger partial charge in [-0.15, -0.1) is 0 Å². The largest absolute Gasteiger partial charge is 0.383 e. The molecule has 0 aromatic heterocycles. The molecule has 1 N–H and O–H groups in total. The highest BCUT2D eigenvalue weighted by Crippen LogP contribution is 2.42. The van der Waals surface area contributed by atoms with Gasteiger partial charge in [-0.25, -0.2) is 8.42 Å². The molecule has 1 saturated heterocycles. The van der Waals surface area contributed by atoms with Gasteiger partial charge in [0.25, 0.3) is 0 Å². The minimum absolute atomic E-state index is 0. The van der Waals surface area contributed by atoms with Gasteiger partial charge in [0.15, 0.2) is 9.84 Å². The number of carbonyl (C=O) groups excluding carboxylic acids is 1. The summed E-state index contributed by atoms with van der Waals surface area (Å²) in [5.74, 6) is 0.140. The van der Waals surface area contributed by atoms with Crippen LogP contribution in [0.2, 0.25) is 0 Å². The van der Waals surface area contributed by atoms with Crippen LogP contribution in [0.1, 0.15) is 47.6 Å². The zero-order chi connectivity index (χ0) is 23.0. The molecule has 2 aliphatic heterocycles. The van der Waals surface area contributed by atoms with Gasteiger partial charge < -0.3 is 15.0 Å². The van der Waals surface area contributed by atoms with E-state index >= 15 is 0 Å². The second kappa shape index (κ2) is 10.2. The van der Waals surface area contributed by atoms with E-state index in [1.54, 1.807) is 24.1 Å². The number of hydrogen-bond acceptors (Lipinski definition) is 6. The highest BCUT2D eigenvalue weighted by Gasteiger charge is 2.40. The molecule has 0 spiro atoms. The van der Waals surface area contributed by atoms with Gasteiger partial charge in [0, 0.05) is 49.9 Å². The van der Waals surface area contributed by atoms with Crippen LogP contribution in [0.4, 0.5) is 5.69 Å². The highest BCUT2D eigenvalue weighted by atomic mass is 32.2. The zero-order valence-corrected chi connectivity index (χ0v) is 20.5. The van der Waals surface area contributed by atoms with Crippen molar-refractivity contribution < 1.29 is 17.9 Å². The van der Waals surface area contributed by atoms with Gasteiger partial charge in [-0.1, -0.05) is 41.2 Å². The summed E-state index contributed by atoms with van der Waals surface area (Å²) in [6.07, 6.45) is 0. The molecule has 2 atom stereocenters. The van der Waals surface area contributed by atoms with E-state index in [1.165, 1.54) is 0 Å². The first kappa shape index (κ1) is 26.8. The van der Waals surface area contributed by atoms with Crippen LogP contribution in [-0.4, -0.2) is 77.0 Å². The van der Waals surface area contributed by atoms with Crippen LogP contribution in [0.25, 0.3) is 0 Å². The predicted octanol–water partition coefficient (Wildman–Crippen LogP) is 2.69.